The number of ether oxygens (including phenoxy) is 2. The van der Waals surface area contributed by atoms with Gasteiger partial charge in [0.15, 0.2) is 9.84 Å². The van der Waals surface area contributed by atoms with Crippen molar-refractivity contribution in [3.05, 3.63) is 60.2 Å². The Morgan fingerprint density at radius 2 is 1.79 bits per heavy atom. The van der Waals surface area contributed by atoms with Gasteiger partial charge in [0.2, 0.25) is 6.41 Å². The molecular formula is C19H18ClNO6S. The van der Waals surface area contributed by atoms with Crippen molar-refractivity contribution < 1.29 is 27.9 Å². The van der Waals surface area contributed by atoms with E-state index in [1.165, 1.54) is 24.3 Å². The number of hydrogen-bond donors (Lipinski definition) is 1. The summed E-state index contributed by atoms with van der Waals surface area (Å²) in [5.74, 6) is 0.567. The van der Waals surface area contributed by atoms with E-state index in [2.05, 4.69) is 6.61 Å². The highest BCUT2D eigenvalue weighted by Gasteiger charge is 2.43. The van der Waals surface area contributed by atoms with Crippen molar-refractivity contribution >= 4 is 27.8 Å². The van der Waals surface area contributed by atoms with Gasteiger partial charge in [-0.15, -0.1) is 0 Å². The molecule has 1 saturated heterocycles. The number of amides is 1. The SMILES string of the molecule is O=CN(O)C1(CS(=O)(=O)c2ccc(Oc3ccc(Cl)cc3)cc2)C[C]OCC1. The molecule has 2 radical (unpaired) electrons. The minimum atomic E-state index is -3.80. The maximum atomic E-state index is 12.9. The van der Waals surface area contributed by atoms with Crippen molar-refractivity contribution in [3.63, 3.8) is 0 Å². The fourth-order valence-corrected chi connectivity index (χ4v) is 4.80. The summed E-state index contributed by atoms with van der Waals surface area (Å²) in [6.07, 6.45) is 0.358. The minimum Gasteiger partial charge on any atom is -0.457 e. The highest BCUT2D eigenvalue weighted by molar-refractivity contribution is 7.91. The van der Waals surface area contributed by atoms with Gasteiger partial charge in [-0.25, -0.2) is 13.5 Å². The molecule has 2 aromatic carbocycles. The van der Waals surface area contributed by atoms with Gasteiger partial charge in [0.05, 0.1) is 16.2 Å². The van der Waals surface area contributed by atoms with E-state index >= 15 is 0 Å². The Bertz CT molecular complexity index is 908. The number of sulfone groups is 1. The van der Waals surface area contributed by atoms with Crippen LogP contribution in [0, 0.1) is 6.61 Å². The minimum absolute atomic E-state index is 0.0147. The third-order valence-corrected chi connectivity index (χ3v) is 6.61. The Labute approximate surface area is 168 Å². The van der Waals surface area contributed by atoms with Gasteiger partial charge < -0.3 is 9.47 Å². The Hall–Kier alpha value is -2.13. The molecule has 2 aromatic rings. The zero-order chi connectivity index (χ0) is 20.2. The maximum absolute atomic E-state index is 12.9. The standard InChI is InChI=1S/C19H18ClNO6S/c20-15-1-3-16(4-2-15)27-17-5-7-18(8-6-17)28(24,25)13-19(21(23)14-22)9-11-26-12-10-19/h1-8,14,23H,9-11,13H2. The highest BCUT2D eigenvalue weighted by atomic mass is 35.5. The number of benzene rings is 2. The molecule has 1 atom stereocenters. The van der Waals surface area contributed by atoms with Crippen molar-refractivity contribution in [2.24, 2.45) is 0 Å². The van der Waals surface area contributed by atoms with Crippen LogP contribution in [0.4, 0.5) is 0 Å². The van der Waals surface area contributed by atoms with Gasteiger partial charge in [0.1, 0.15) is 18.1 Å². The van der Waals surface area contributed by atoms with Crippen molar-refractivity contribution in [1.29, 1.82) is 0 Å². The van der Waals surface area contributed by atoms with Gasteiger partial charge in [-0.05, 0) is 55.0 Å². The fourth-order valence-electron chi connectivity index (χ4n) is 2.87. The van der Waals surface area contributed by atoms with Crippen LogP contribution >= 0.6 is 11.6 Å². The first-order valence-corrected chi connectivity index (χ1v) is 10.4. The highest BCUT2D eigenvalue weighted by Crippen LogP contribution is 2.32. The number of hydrogen-bond acceptors (Lipinski definition) is 6. The summed E-state index contributed by atoms with van der Waals surface area (Å²) in [4.78, 5) is 11.1. The van der Waals surface area contributed by atoms with Gasteiger partial charge in [-0.1, -0.05) is 11.6 Å². The lowest BCUT2D eigenvalue weighted by Crippen LogP contribution is -2.53. The van der Waals surface area contributed by atoms with E-state index in [4.69, 9.17) is 21.1 Å². The van der Waals surface area contributed by atoms with Crippen molar-refractivity contribution in [2.45, 2.75) is 23.3 Å². The molecular weight excluding hydrogens is 406 g/mol. The molecule has 28 heavy (non-hydrogen) atoms. The van der Waals surface area contributed by atoms with Crippen molar-refractivity contribution in [1.82, 2.24) is 5.06 Å². The molecule has 3 rings (SSSR count). The Morgan fingerprint density at radius 3 is 2.32 bits per heavy atom. The molecule has 1 aliphatic heterocycles. The van der Waals surface area contributed by atoms with Crippen LogP contribution in [-0.2, 0) is 19.4 Å². The molecule has 1 heterocycles. The predicted molar refractivity (Wildman–Crippen MR) is 101 cm³/mol. The molecule has 0 spiro atoms. The first kappa shape index (κ1) is 20.6. The van der Waals surface area contributed by atoms with Crippen LogP contribution in [0.25, 0.3) is 0 Å². The molecule has 1 N–H and O–H groups in total. The van der Waals surface area contributed by atoms with Crippen LogP contribution in [0.2, 0.25) is 5.02 Å². The second kappa shape index (κ2) is 8.48. The molecule has 0 aromatic heterocycles. The average molecular weight is 424 g/mol. The zero-order valence-corrected chi connectivity index (χ0v) is 16.3. The number of nitrogens with zero attached hydrogens (tertiary/aromatic N) is 1. The van der Waals surface area contributed by atoms with Crippen LogP contribution in [0.5, 0.6) is 11.5 Å². The van der Waals surface area contributed by atoms with Gasteiger partial charge in [0.25, 0.3) is 0 Å². The summed E-state index contributed by atoms with van der Waals surface area (Å²) in [5.41, 5.74) is -1.31. The normalized spacial score (nSPS) is 16.4. The summed E-state index contributed by atoms with van der Waals surface area (Å²) in [7, 11) is -3.80. The Kier molecular flexibility index (Phi) is 6.24. The number of carbonyl (C=O) groups is 1. The molecule has 1 aliphatic rings. The summed E-state index contributed by atoms with van der Waals surface area (Å²) >= 11 is 5.83. The third kappa shape index (κ3) is 4.64. The van der Waals surface area contributed by atoms with E-state index in [1.807, 2.05) is 0 Å². The van der Waals surface area contributed by atoms with Gasteiger partial charge in [0, 0.05) is 18.1 Å². The van der Waals surface area contributed by atoms with E-state index in [0.717, 1.165) is 0 Å². The second-order valence-corrected chi connectivity index (χ2v) is 8.81. The van der Waals surface area contributed by atoms with Crippen molar-refractivity contribution in [3.8, 4) is 11.5 Å². The lowest BCUT2D eigenvalue weighted by atomic mass is 9.92. The molecule has 7 nitrogen and oxygen atoms in total. The number of halogens is 1. The monoisotopic (exact) mass is 423 g/mol. The molecule has 1 unspecified atom stereocenters. The van der Waals surface area contributed by atoms with E-state index in [0.29, 0.717) is 21.6 Å². The Balaban J connectivity index is 1.77. The van der Waals surface area contributed by atoms with Crippen LogP contribution in [0.1, 0.15) is 12.8 Å². The number of rotatable bonds is 7. The van der Waals surface area contributed by atoms with Crippen molar-refractivity contribution in [2.75, 3.05) is 12.4 Å². The molecule has 1 fully saturated rings. The van der Waals surface area contributed by atoms with E-state index < -0.39 is 21.1 Å². The average Bonchev–Trinajstić information content (AvgIpc) is 2.70. The molecule has 1 amide bonds. The topological polar surface area (TPSA) is 93.1 Å². The van der Waals surface area contributed by atoms with Gasteiger partial charge >= 0.3 is 0 Å². The molecule has 148 valence electrons. The second-order valence-electron chi connectivity index (χ2n) is 6.38. The first-order valence-electron chi connectivity index (χ1n) is 8.39. The zero-order valence-electron chi connectivity index (χ0n) is 14.7. The van der Waals surface area contributed by atoms with E-state index in [9.17, 15) is 18.4 Å². The maximum Gasteiger partial charge on any atom is 0.233 e. The van der Waals surface area contributed by atoms with E-state index in [1.54, 1.807) is 24.3 Å². The summed E-state index contributed by atoms with van der Waals surface area (Å²) in [6, 6.07) is 12.7. The lowest BCUT2D eigenvalue weighted by Gasteiger charge is -2.39. The molecule has 0 bridgehead atoms. The van der Waals surface area contributed by atoms with Crippen LogP contribution in [0.15, 0.2) is 53.4 Å². The Morgan fingerprint density at radius 1 is 1.18 bits per heavy atom. The first-order chi connectivity index (χ1) is 13.3. The molecule has 0 aliphatic carbocycles. The van der Waals surface area contributed by atoms with Crippen LogP contribution in [-0.4, -0.2) is 43.0 Å². The summed E-state index contributed by atoms with van der Waals surface area (Å²) in [6.45, 7) is 2.71. The predicted octanol–water partition coefficient (Wildman–Crippen LogP) is 3.34. The molecule has 9 heteroatoms. The van der Waals surface area contributed by atoms with Crippen LogP contribution < -0.4 is 4.74 Å². The van der Waals surface area contributed by atoms with Gasteiger partial charge in [-0.3, -0.25) is 10.0 Å². The van der Waals surface area contributed by atoms with E-state index in [-0.39, 0.29) is 30.8 Å². The van der Waals surface area contributed by atoms with Gasteiger partial charge in [-0.2, -0.15) is 0 Å². The summed E-state index contributed by atoms with van der Waals surface area (Å²) in [5, 5.41) is 10.9. The summed E-state index contributed by atoms with van der Waals surface area (Å²) < 4.78 is 36.4. The number of carbonyl (C=O) groups excluding carboxylic acids is 1. The quantitative estimate of drug-likeness (QED) is 0.417. The fraction of sp³-hybridized carbons (Fsp3) is 0.263. The largest absolute Gasteiger partial charge is 0.457 e. The lowest BCUT2D eigenvalue weighted by molar-refractivity contribution is -0.184. The number of hydroxylamine groups is 2. The third-order valence-electron chi connectivity index (χ3n) is 4.45. The molecule has 0 saturated carbocycles. The van der Waals surface area contributed by atoms with Crippen LogP contribution in [0.3, 0.4) is 0 Å². The smallest absolute Gasteiger partial charge is 0.233 e.